The van der Waals surface area contributed by atoms with Gasteiger partial charge < -0.3 is 0 Å². The van der Waals surface area contributed by atoms with Gasteiger partial charge in [-0.2, -0.15) is 8.42 Å². The van der Waals surface area contributed by atoms with Gasteiger partial charge in [-0.3, -0.25) is 4.18 Å². The zero-order chi connectivity index (χ0) is 14.3. The molecule has 0 bridgehead atoms. The maximum atomic E-state index is 12.1. The third-order valence-corrected chi connectivity index (χ3v) is 5.27. The molecule has 0 unspecified atom stereocenters. The summed E-state index contributed by atoms with van der Waals surface area (Å²) in [6.07, 6.45) is 1.50. The Morgan fingerprint density at radius 3 is 2.11 bits per heavy atom. The smallest absolute Gasteiger partial charge is 0.263 e. The Hall–Kier alpha value is -0.870. The van der Waals surface area contributed by atoms with Gasteiger partial charge in [0.1, 0.15) is 0 Å². The van der Waals surface area contributed by atoms with Crippen molar-refractivity contribution in [1.29, 1.82) is 0 Å². The molecule has 3 nitrogen and oxygen atoms in total. The van der Waals surface area contributed by atoms with Crippen LogP contribution < -0.4 is 0 Å². The minimum Gasteiger partial charge on any atom is -0.263 e. The van der Waals surface area contributed by atoms with Crippen LogP contribution in [0.2, 0.25) is 0 Å². The van der Waals surface area contributed by atoms with Crippen molar-refractivity contribution in [2.45, 2.75) is 51.5 Å². The van der Waals surface area contributed by atoms with Gasteiger partial charge in [0.25, 0.3) is 10.1 Å². The summed E-state index contributed by atoms with van der Waals surface area (Å²) in [4.78, 5) is 0.248. The molecule has 1 aromatic carbocycles. The topological polar surface area (TPSA) is 43.4 Å². The Morgan fingerprint density at radius 1 is 1.11 bits per heavy atom. The molecular weight excluding hydrogens is 260 g/mol. The highest BCUT2D eigenvalue weighted by atomic mass is 32.2. The molecule has 4 heteroatoms. The second-order valence-electron chi connectivity index (χ2n) is 6.52. The standard InChI is InChI=1S/C15H22O3S/c1-11-5-7-14(8-6-11)19(16,17)18-13-9-12(10-13)15(2,3)4/h5-8,12-13H,9-10H2,1-4H3. The Labute approximate surface area is 116 Å². The zero-order valence-electron chi connectivity index (χ0n) is 12.0. The Morgan fingerprint density at radius 2 is 1.63 bits per heavy atom. The summed E-state index contributed by atoms with van der Waals surface area (Å²) in [6.45, 7) is 8.48. The van der Waals surface area contributed by atoms with Crippen LogP contribution in [0.1, 0.15) is 39.2 Å². The Bertz CT molecular complexity index is 532. The monoisotopic (exact) mass is 282 g/mol. The van der Waals surface area contributed by atoms with Gasteiger partial charge in [-0.25, -0.2) is 0 Å². The van der Waals surface area contributed by atoms with Crippen LogP contribution in [0.4, 0.5) is 0 Å². The van der Waals surface area contributed by atoms with E-state index >= 15 is 0 Å². The Kier molecular flexibility index (Phi) is 3.76. The Balaban J connectivity index is 1.99. The van der Waals surface area contributed by atoms with E-state index in [9.17, 15) is 8.42 Å². The molecule has 0 radical (unpaired) electrons. The van der Waals surface area contributed by atoms with Gasteiger partial charge in [-0.05, 0) is 43.2 Å². The third kappa shape index (κ3) is 3.37. The van der Waals surface area contributed by atoms with Crippen molar-refractivity contribution in [3.63, 3.8) is 0 Å². The molecule has 106 valence electrons. The number of benzene rings is 1. The molecule has 1 saturated carbocycles. The lowest BCUT2D eigenvalue weighted by Gasteiger charge is -2.42. The van der Waals surface area contributed by atoms with Gasteiger partial charge in [0.05, 0.1) is 11.0 Å². The summed E-state index contributed by atoms with van der Waals surface area (Å²) in [6, 6.07) is 6.78. The first-order valence-electron chi connectivity index (χ1n) is 6.68. The largest absolute Gasteiger partial charge is 0.297 e. The van der Waals surface area contributed by atoms with Gasteiger partial charge in [-0.15, -0.1) is 0 Å². The van der Waals surface area contributed by atoms with E-state index in [1.54, 1.807) is 24.3 Å². The lowest BCUT2D eigenvalue weighted by Crippen LogP contribution is -2.40. The highest BCUT2D eigenvalue weighted by Gasteiger charge is 2.40. The average molecular weight is 282 g/mol. The summed E-state index contributed by atoms with van der Waals surface area (Å²) in [5.74, 6) is 0.547. The van der Waals surface area contributed by atoms with Crippen LogP contribution in [0.25, 0.3) is 0 Å². The molecule has 1 aliphatic rings. The summed E-state index contributed by atoms with van der Waals surface area (Å²) in [7, 11) is -3.61. The summed E-state index contributed by atoms with van der Waals surface area (Å²) < 4.78 is 29.5. The van der Waals surface area contributed by atoms with Crippen LogP contribution in [0.5, 0.6) is 0 Å². The summed E-state index contributed by atoms with van der Waals surface area (Å²) >= 11 is 0. The molecule has 0 saturated heterocycles. The van der Waals surface area contributed by atoms with Gasteiger partial charge in [0.2, 0.25) is 0 Å². The molecule has 1 aromatic rings. The van der Waals surface area contributed by atoms with Gasteiger partial charge >= 0.3 is 0 Å². The molecule has 19 heavy (non-hydrogen) atoms. The van der Waals surface area contributed by atoms with E-state index in [2.05, 4.69) is 20.8 Å². The van der Waals surface area contributed by atoms with Crippen molar-refractivity contribution in [2.24, 2.45) is 11.3 Å². The van der Waals surface area contributed by atoms with E-state index in [1.807, 2.05) is 6.92 Å². The highest BCUT2D eigenvalue weighted by molar-refractivity contribution is 7.86. The molecule has 2 rings (SSSR count). The minimum absolute atomic E-state index is 0.157. The molecule has 0 heterocycles. The van der Waals surface area contributed by atoms with Crippen LogP contribution in [0.3, 0.4) is 0 Å². The van der Waals surface area contributed by atoms with E-state index in [0.717, 1.165) is 18.4 Å². The molecule has 0 aromatic heterocycles. The fourth-order valence-corrected chi connectivity index (χ4v) is 3.39. The average Bonchev–Trinajstić information content (AvgIpc) is 2.22. The van der Waals surface area contributed by atoms with Crippen LogP contribution in [-0.4, -0.2) is 14.5 Å². The predicted octanol–water partition coefficient (Wildman–Crippen LogP) is 3.53. The molecule has 0 aliphatic heterocycles. The summed E-state index contributed by atoms with van der Waals surface area (Å²) in [5, 5.41) is 0. The first kappa shape index (κ1) is 14.5. The van der Waals surface area contributed by atoms with Crippen molar-refractivity contribution in [3.05, 3.63) is 29.8 Å². The first-order valence-corrected chi connectivity index (χ1v) is 8.09. The lowest BCUT2D eigenvalue weighted by atomic mass is 9.67. The lowest BCUT2D eigenvalue weighted by molar-refractivity contribution is 0.0113. The number of aryl methyl sites for hydroxylation is 1. The van der Waals surface area contributed by atoms with E-state index in [4.69, 9.17) is 4.18 Å². The number of hydrogen-bond acceptors (Lipinski definition) is 3. The van der Waals surface area contributed by atoms with E-state index < -0.39 is 10.1 Å². The van der Waals surface area contributed by atoms with Crippen molar-refractivity contribution < 1.29 is 12.6 Å². The molecule has 0 N–H and O–H groups in total. The van der Waals surface area contributed by atoms with Crippen LogP contribution >= 0.6 is 0 Å². The quantitative estimate of drug-likeness (QED) is 0.797. The maximum absolute atomic E-state index is 12.1. The highest BCUT2D eigenvalue weighted by Crippen LogP contribution is 2.43. The zero-order valence-corrected chi connectivity index (χ0v) is 12.8. The van der Waals surface area contributed by atoms with Crippen molar-refractivity contribution >= 4 is 10.1 Å². The van der Waals surface area contributed by atoms with Crippen LogP contribution in [-0.2, 0) is 14.3 Å². The molecule has 1 aliphatic carbocycles. The fraction of sp³-hybridized carbons (Fsp3) is 0.600. The van der Waals surface area contributed by atoms with Gasteiger partial charge in [-0.1, -0.05) is 38.5 Å². The molecule has 0 atom stereocenters. The van der Waals surface area contributed by atoms with E-state index in [1.165, 1.54) is 0 Å². The maximum Gasteiger partial charge on any atom is 0.297 e. The van der Waals surface area contributed by atoms with Crippen molar-refractivity contribution in [3.8, 4) is 0 Å². The summed E-state index contributed by atoms with van der Waals surface area (Å²) in [5.41, 5.74) is 1.27. The van der Waals surface area contributed by atoms with Gasteiger partial charge in [0, 0.05) is 0 Å². The molecule has 1 fully saturated rings. The van der Waals surface area contributed by atoms with E-state index in [0.29, 0.717) is 5.92 Å². The van der Waals surface area contributed by atoms with Crippen LogP contribution in [0, 0.1) is 18.3 Å². The molecule has 0 spiro atoms. The van der Waals surface area contributed by atoms with Crippen LogP contribution in [0.15, 0.2) is 29.2 Å². The second kappa shape index (κ2) is 4.91. The number of rotatable bonds is 3. The SMILES string of the molecule is Cc1ccc(S(=O)(=O)OC2CC(C(C)(C)C)C2)cc1. The number of hydrogen-bond donors (Lipinski definition) is 0. The van der Waals surface area contributed by atoms with E-state index in [-0.39, 0.29) is 16.4 Å². The fourth-order valence-electron chi connectivity index (χ4n) is 2.29. The normalized spacial score (nSPS) is 24.0. The van der Waals surface area contributed by atoms with Crippen molar-refractivity contribution in [2.75, 3.05) is 0 Å². The minimum atomic E-state index is -3.61. The molecular formula is C15H22O3S. The second-order valence-corrected chi connectivity index (χ2v) is 8.09. The van der Waals surface area contributed by atoms with Crippen molar-refractivity contribution in [1.82, 2.24) is 0 Å². The predicted molar refractivity (Wildman–Crippen MR) is 75.4 cm³/mol. The molecule has 0 amide bonds. The third-order valence-electron chi connectivity index (χ3n) is 3.89. The first-order chi connectivity index (χ1) is 8.68. The van der Waals surface area contributed by atoms with Gasteiger partial charge in [0.15, 0.2) is 0 Å².